The highest BCUT2D eigenvalue weighted by Crippen LogP contribution is 2.30. The minimum atomic E-state index is -4.36. The topological polar surface area (TPSA) is 53.1 Å². The van der Waals surface area contributed by atoms with E-state index in [0.29, 0.717) is 24.2 Å². The summed E-state index contributed by atoms with van der Waals surface area (Å²) in [5, 5.41) is 4.16. The second-order valence-electron chi connectivity index (χ2n) is 4.53. The maximum atomic E-state index is 12.3. The van der Waals surface area contributed by atoms with E-state index in [-0.39, 0.29) is 5.75 Å². The zero-order valence-corrected chi connectivity index (χ0v) is 11.3. The van der Waals surface area contributed by atoms with E-state index >= 15 is 0 Å². The predicted octanol–water partition coefficient (Wildman–Crippen LogP) is 2.84. The second kappa shape index (κ2) is 6.62. The van der Waals surface area contributed by atoms with E-state index in [9.17, 15) is 13.2 Å². The minimum absolute atomic E-state index is 0.188. The lowest BCUT2D eigenvalue weighted by Crippen LogP contribution is -2.19. The fourth-order valence-electron chi connectivity index (χ4n) is 1.87. The van der Waals surface area contributed by atoms with E-state index in [1.165, 1.54) is 6.07 Å². The molecule has 0 aliphatic heterocycles. The number of hydrogen-bond acceptors (Lipinski definition) is 3. The molecule has 0 amide bonds. The molecule has 0 saturated heterocycles. The fourth-order valence-corrected chi connectivity index (χ4v) is 1.87. The van der Waals surface area contributed by atoms with Crippen LogP contribution < -0.4 is 10.5 Å². The number of benzene rings is 1. The van der Waals surface area contributed by atoms with Gasteiger partial charge in [0.1, 0.15) is 5.75 Å². The molecule has 0 spiro atoms. The lowest BCUT2D eigenvalue weighted by molar-refractivity contribution is -0.153. The van der Waals surface area contributed by atoms with Gasteiger partial charge in [0, 0.05) is 23.9 Å². The first-order valence-corrected chi connectivity index (χ1v) is 6.51. The molecule has 4 nitrogen and oxygen atoms in total. The van der Waals surface area contributed by atoms with Gasteiger partial charge in [0.15, 0.2) is 6.61 Å². The zero-order valence-electron chi connectivity index (χ0n) is 11.3. The number of aryl methyl sites for hydroxylation is 1. The van der Waals surface area contributed by atoms with Crippen LogP contribution in [0.5, 0.6) is 5.75 Å². The van der Waals surface area contributed by atoms with Gasteiger partial charge < -0.3 is 10.5 Å². The minimum Gasteiger partial charge on any atom is -0.483 e. The van der Waals surface area contributed by atoms with Gasteiger partial charge in [-0.1, -0.05) is 18.2 Å². The largest absolute Gasteiger partial charge is 0.483 e. The van der Waals surface area contributed by atoms with E-state index in [4.69, 9.17) is 10.5 Å². The van der Waals surface area contributed by atoms with Crippen LogP contribution in [0.2, 0.25) is 0 Å². The number of aromatic nitrogens is 2. The first kappa shape index (κ1) is 15.4. The van der Waals surface area contributed by atoms with Crippen LogP contribution in [0.4, 0.5) is 13.2 Å². The number of halogens is 3. The van der Waals surface area contributed by atoms with Crippen LogP contribution >= 0.6 is 0 Å². The molecule has 1 aromatic carbocycles. The summed E-state index contributed by atoms with van der Waals surface area (Å²) in [6.07, 6.45) is -0.205. The van der Waals surface area contributed by atoms with Gasteiger partial charge in [0.2, 0.25) is 0 Å². The molecule has 114 valence electrons. The quantitative estimate of drug-likeness (QED) is 0.892. The van der Waals surface area contributed by atoms with Crippen LogP contribution in [0.1, 0.15) is 6.42 Å². The molecule has 0 aliphatic rings. The Morgan fingerprint density at radius 3 is 2.71 bits per heavy atom. The number of alkyl halides is 3. The third kappa shape index (κ3) is 4.49. The molecule has 0 atom stereocenters. The van der Waals surface area contributed by atoms with Crippen LogP contribution in [0.25, 0.3) is 11.1 Å². The van der Waals surface area contributed by atoms with Gasteiger partial charge in [-0.15, -0.1) is 0 Å². The monoisotopic (exact) mass is 299 g/mol. The summed E-state index contributed by atoms with van der Waals surface area (Å²) in [7, 11) is 0. The Balaban J connectivity index is 2.17. The number of ether oxygens (including phenoxy) is 1. The van der Waals surface area contributed by atoms with Crippen molar-refractivity contribution in [3.8, 4) is 16.9 Å². The molecule has 1 aromatic heterocycles. The first-order chi connectivity index (χ1) is 9.99. The number of para-hydroxylation sites is 1. The Bertz CT molecular complexity index is 581. The van der Waals surface area contributed by atoms with Gasteiger partial charge in [-0.2, -0.15) is 18.3 Å². The Hall–Kier alpha value is -2.02. The van der Waals surface area contributed by atoms with Gasteiger partial charge in [-0.05, 0) is 19.0 Å². The molecular formula is C14H16F3N3O. The summed E-state index contributed by atoms with van der Waals surface area (Å²) in [5.41, 5.74) is 6.73. The van der Waals surface area contributed by atoms with Gasteiger partial charge in [0.05, 0.1) is 6.20 Å². The van der Waals surface area contributed by atoms with Crippen molar-refractivity contribution in [3.63, 3.8) is 0 Å². The summed E-state index contributed by atoms with van der Waals surface area (Å²) in [4.78, 5) is 0. The van der Waals surface area contributed by atoms with Crippen LogP contribution in [-0.4, -0.2) is 29.1 Å². The number of nitrogens with two attached hydrogens (primary N) is 1. The van der Waals surface area contributed by atoms with Crippen molar-refractivity contribution in [1.82, 2.24) is 9.78 Å². The third-order valence-corrected chi connectivity index (χ3v) is 2.81. The highest BCUT2D eigenvalue weighted by molar-refractivity contribution is 5.69. The van der Waals surface area contributed by atoms with Crippen molar-refractivity contribution in [2.24, 2.45) is 5.73 Å². The molecule has 0 fully saturated rings. The second-order valence-corrected chi connectivity index (χ2v) is 4.53. The molecule has 0 saturated carbocycles. The highest BCUT2D eigenvalue weighted by atomic mass is 19.4. The van der Waals surface area contributed by atoms with E-state index in [0.717, 1.165) is 6.42 Å². The lowest BCUT2D eigenvalue weighted by atomic mass is 10.1. The summed E-state index contributed by atoms with van der Waals surface area (Å²) in [6, 6.07) is 6.59. The molecule has 0 radical (unpaired) electrons. The molecule has 1 heterocycles. The van der Waals surface area contributed by atoms with E-state index in [1.54, 1.807) is 35.3 Å². The van der Waals surface area contributed by atoms with Crippen LogP contribution in [0.3, 0.4) is 0 Å². The molecule has 21 heavy (non-hydrogen) atoms. The Morgan fingerprint density at radius 2 is 2.00 bits per heavy atom. The number of hydrogen-bond donors (Lipinski definition) is 1. The Labute approximate surface area is 120 Å². The smallest absolute Gasteiger partial charge is 0.422 e. The summed E-state index contributed by atoms with van der Waals surface area (Å²) in [6.45, 7) is -0.0894. The van der Waals surface area contributed by atoms with Crippen molar-refractivity contribution >= 4 is 0 Å². The van der Waals surface area contributed by atoms with Crippen LogP contribution in [0, 0.1) is 0 Å². The normalized spacial score (nSPS) is 11.6. The molecule has 0 bridgehead atoms. The Morgan fingerprint density at radius 1 is 1.24 bits per heavy atom. The maximum absolute atomic E-state index is 12.3. The fraction of sp³-hybridized carbons (Fsp3) is 0.357. The molecule has 2 aromatic rings. The average molecular weight is 299 g/mol. The van der Waals surface area contributed by atoms with Crippen molar-refractivity contribution in [1.29, 1.82) is 0 Å². The van der Waals surface area contributed by atoms with E-state index in [2.05, 4.69) is 5.10 Å². The van der Waals surface area contributed by atoms with Crippen LogP contribution in [0.15, 0.2) is 36.7 Å². The molecule has 2 N–H and O–H groups in total. The van der Waals surface area contributed by atoms with E-state index < -0.39 is 12.8 Å². The lowest BCUT2D eigenvalue weighted by Gasteiger charge is -2.12. The van der Waals surface area contributed by atoms with Crippen molar-refractivity contribution in [3.05, 3.63) is 36.7 Å². The number of nitrogens with zero attached hydrogens (tertiary/aromatic N) is 2. The summed E-state index contributed by atoms with van der Waals surface area (Å²) >= 11 is 0. The first-order valence-electron chi connectivity index (χ1n) is 6.51. The zero-order chi connectivity index (χ0) is 15.3. The molecule has 7 heteroatoms. The molecular weight excluding hydrogens is 283 g/mol. The SMILES string of the molecule is NCCCn1cc(-c2ccccc2OCC(F)(F)F)cn1. The summed E-state index contributed by atoms with van der Waals surface area (Å²) in [5.74, 6) is 0.188. The number of rotatable bonds is 6. The standard InChI is InChI=1S/C14H16F3N3O/c15-14(16,17)10-21-13-5-2-1-4-12(13)11-8-19-20(9-11)7-3-6-18/h1-2,4-5,8-9H,3,6-7,10,18H2. The van der Waals surface area contributed by atoms with E-state index in [1.807, 2.05) is 0 Å². The van der Waals surface area contributed by atoms with Gasteiger partial charge >= 0.3 is 6.18 Å². The molecule has 0 unspecified atom stereocenters. The van der Waals surface area contributed by atoms with Crippen molar-refractivity contribution in [2.75, 3.05) is 13.2 Å². The maximum Gasteiger partial charge on any atom is 0.422 e. The Kier molecular flexibility index (Phi) is 4.85. The van der Waals surface area contributed by atoms with Crippen LogP contribution in [-0.2, 0) is 6.54 Å². The average Bonchev–Trinajstić information content (AvgIpc) is 2.91. The summed E-state index contributed by atoms with van der Waals surface area (Å²) < 4.78 is 43.4. The predicted molar refractivity (Wildman–Crippen MR) is 72.9 cm³/mol. The van der Waals surface area contributed by atoms with Gasteiger partial charge in [0.25, 0.3) is 0 Å². The van der Waals surface area contributed by atoms with Crippen molar-refractivity contribution < 1.29 is 17.9 Å². The van der Waals surface area contributed by atoms with Crippen molar-refractivity contribution in [2.45, 2.75) is 19.1 Å². The van der Waals surface area contributed by atoms with Gasteiger partial charge in [-0.25, -0.2) is 0 Å². The highest BCUT2D eigenvalue weighted by Gasteiger charge is 2.28. The molecule has 2 rings (SSSR count). The molecule has 0 aliphatic carbocycles. The third-order valence-electron chi connectivity index (χ3n) is 2.81. The van der Waals surface area contributed by atoms with Gasteiger partial charge in [-0.3, -0.25) is 4.68 Å².